The summed E-state index contributed by atoms with van der Waals surface area (Å²) in [5.41, 5.74) is 8.25. The van der Waals surface area contributed by atoms with Crippen LogP contribution >= 0.6 is 0 Å². The Morgan fingerprint density at radius 3 is 2.83 bits per heavy atom. The van der Waals surface area contributed by atoms with Gasteiger partial charge in [-0.25, -0.2) is 9.78 Å². The van der Waals surface area contributed by atoms with Gasteiger partial charge in [0.2, 0.25) is 5.95 Å². The topological polar surface area (TPSA) is 104 Å². The number of nitrogen functional groups attached to an aromatic ring is 1. The molecule has 1 saturated heterocycles. The predicted molar refractivity (Wildman–Crippen MR) is 88.5 cm³/mol. The third-order valence-electron chi connectivity index (χ3n) is 5.05. The predicted octanol–water partition coefficient (Wildman–Crippen LogP) is 1.52. The van der Waals surface area contributed by atoms with Crippen molar-refractivity contribution in [1.82, 2.24) is 15.3 Å². The maximum atomic E-state index is 10.6. The molecule has 1 fully saturated rings. The van der Waals surface area contributed by atoms with Gasteiger partial charge in [-0.05, 0) is 31.1 Å². The number of hydrogen-bond donors (Lipinski definition) is 3. The molecule has 1 unspecified atom stereocenters. The molecule has 0 spiro atoms. The van der Waals surface area contributed by atoms with Crippen LogP contribution in [0.2, 0.25) is 0 Å². The molecule has 0 aromatic carbocycles. The highest BCUT2D eigenvalue weighted by molar-refractivity contribution is 5.64. The molecule has 3 rings (SSSR count). The number of anilines is 2. The lowest BCUT2D eigenvalue weighted by atomic mass is 9.80. The average Bonchev–Trinajstić information content (AvgIpc) is 2.44. The van der Waals surface area contributed by atoms with Crippen LogP contribution in [0.25, 0.3) is 0 Å². The number of carbonyl (C=O) groups is 1. The van der Waals surface area contributed by atoms with Crippen LogP contribution in [0.3, 0.4) is 0 Å². The third-order valence-corrected chi connectivity index (χ3v) is 5.05. The Kier molecular flexibility index (Phi) is 4.28. The monoisotopic (exact) mass is 319 g/mol. The number of nitrogens with two attached hydrogens (primary N) is 1. The zero-order chi connectivity index (χ0) is 16.6. The Labute approximate surface area is 136 Å². The summed E-state index contributed by atoms with van der Waals surface area (Å²) in [6, 6.07) is 0. The Hall–Kier alpha value is -2.05. The van der Waals surface area contributed by atoms with E-state index in [1.54, 1.807) is 0 Å². The number of carboxylic acid groups (broad SMARTS) is 1. The van der Waals surface area contributed by atoms with Gasteiger partial charge in [0, 0.05) is 31.1 Å². The van der Waals surface area contributed by atoms with E-state index in [-0.39, 0.29) is 0 Å². The molecule has 2 heterocycles. The van der Waals surface area contributed by atoms with E-state index in [9.17, 15) is 4.79 Å². The van der Waals surface area contributed by atoms with E-state index in [1.165, 1.54) is 12.0 Å². The molecule has 2 aliphatic rings. The number of aromatic nitrogens is 2. The van der Waals surface area contributed by atoms with E-state index < -0.39 is 6.09 Å². The van der Waals surface area contributed by atoms with Crippen molar-refractivity contribution in [2.45, 2.75) is 33.1 Å². The SMILES string of the molecule is CC(C)C1CCc2c(nc(N)nc2N2CC(CNC(=O)O)C2)C1. The highest BCUT2D eigenvalue weighted by Crippen LogP contribution is 2.36. The Morgan fingerprint density at radius 1 is 1.43 bits per heavy atom. The smallest absolute Gasteiger partial charge is 0.404 e. The van der Waals surface area contributed by atoms with Gasteiger partial charge in [-0.2, -0.15) is 4.98 Å². The Morgan fingerprint density at radius 2 is 2.17 bits per heavy atom. The molecule has 1 aliphatic heterocycles. The zero-order valence-corrected chi connectivity index (χ0v) is 13.7. The molecule has 1 atom stereocenters. The van der Waals surface area contributed by atoms with Gasteiger partial charge in [0.1, 0.15) is 5.82 Å². The van der Waals surface area contributed by atoms with Crippen LogP contribution in [0.4, 0.5) is 16.6 Å². The molecule has 7 nitrogen and oxygen atoms in total. The summed E-state index contributed by atoms with van der Waals surface area (Å²) in [7, 11) is 0. The van der Waals surface area contributed by atoms with E-state index in [0.717, 1.165) is 37.4 Å². The number of hydrogen-bond acceptors (Lipinski definition) is 5. The van der Waals surface area contributed by atoms with Crippen LogP contribution in [0, 0.1) is 17.8 Å². The molecule has 4 N–H and O–H groups in total. The van der Waals surface area contributed by atoms with Crippen molar-refractivity contribution >= 4 is 17.9 Å². The lowest BCUT2D eigenvalue weighted by molar-refractivity contribution is 0.191. The molecular formula is C16H25N5O2. The van der Waals surface area contributed by atoms with Crippen molar-refractivity contribution in [3.63, 3.8) is 0 Å². The standard InChI is InChI=1S/C16H25N5O2/c1-9(2)11-3-4-12-13(5-11)19-15(17)20-14(12)21-7-10(8-21)6-18-16(22)23/h9-11,18H,3-8H2,1-2H3,(H,22,23)(H2,17,19,20). The summed E-state index contributed by atoms with van der Waals surface area (Å²) in [5, 5.41) is 11.1. The molecule has 0 bridgehead atoms. The maximum absolute atomic E-state index is 10.6. The summed E-state index contributed by atoms with van der Waals surface area (Å²) in [6.45, 7) is 6.64. The number of rotatable bonds is 4. The average molecular weight is 319 g/mol. The highest BCUT2D eigenvalue weighted by atomic mass is 16.4. The minimum Gasteiger partial charge on any atom is -0.465 e. The Balaban J connectivity index is 1.71. The highest BCUT2D eigenvalue weighted by Gasteiger charge is 2.33. The minimum absolute atomic E-state index is 0.338. The number of fused-ring (bicyclic) bond motifs is 1. The first-order valence-electron chi connectivity index (χ1n) is 8.31. The fourth-order valence-corrected chi connectivity index (χ4v) is 3.58. The molecule has 7 heteroatoms. The summed E-state index contributed by atoms with van der Waals surface area (Å²) >= 11 is 0. The van der Waals surface area contributed by atoms with Crippen LogP contribution in [-0.4, -0.2) is 40.8 Å². The largest absolute Gasteiger partial charge is 0.465 e. The summed E-state index contributed by atoms with van der Waals surface area (Å²) in [6.07, 6.45) is 2.18. The van der Waals surface area contributed by atoms with Crippen molar-refractivity contribution in [3.8, 4) is 0 Å². The van der Waals surface area contributed by atoms with Crippen molar-refractivity contribution in [1.29, 1.82) is 0 Å². The van der Waals surface area contributed by atoms with E-state index >= 15 is 0 Å². The lowest BCUT2D eigenvalue weighted by Gasteiger charge is -2.42. The molecule has 1 aromatic rings. The van der Waals surface area contributed by atoms with E-state index in [0.29, 0.717) is 30.2 Å². The first-order chi connectivity index (χ1) is 10.9. The van der Waals surface area contributed by atoms with E-state index in [1.807, 2.05) is 0 Å². The second kappa shape index (κ2) is 6.22. The van der Waals surface area contributed by atoms with Gasteiger partial charge in [0.15, 0.2) is 0 Å². The molecular weight excluding hydrogens is 294 g/mol. The van der Waals surface area contributed by atoms with Crippen molar-refractivity contribution in [2.75, 3.05) is 30.3 Å². The van der Waals surface area contributed by atoms with Gasteiger partial charge >= 0.3 is 6.09 Å². The summed E-state index contributed by atoms with van der Waals surface area (Å²) in [5.74, 6) is 2.95. The normalized spacial score (nSPS) is 21.0. The second-order valence-electron chi connectivity index (χ2n) is 7.03. The third kappa shape index (κ3) is 3.33. The van der Waals surface area contributed by atoms with Gasteiger partial charge in [-0.15, -0.1) is 0 Å². The van der Waals surface area contributed by atoms with Crippen LogP contribution in [0.1, 0.15) is 31.5 Å². The van der Waals surface area contributed by atoms with Crippen LogP contribution < -0.4 is 16.0 Å². The fourth-order valence-electron chi connectivity index (χ4n) is 3.58. The Bertz CT molecular complexity index is 598. The van der Waals surface area contributed by atoms with Gasteiger partial charge in [0.25, 0.3) is 0 Å². The molecule has 0 radical (unpaired) electrons. The lowest BCUT2D eigenvalue weighted by Crippen LogP contribution is -2.52. The van der Waals surface area contributed by atoms with Gasteiger partial charge in [-0.1, -0.05) is 13.8 Å². The van der Waals surface area contributed by atoms with Crippen LogP contribution in [0.5, 0.6) is 0 Å². The maximum Gasteiger partial charge on any atom is 0.404 e. The zero-order valence-electron chi connectivity index (χ0n) is 13.7. The fraction of sp³-hybridized carbons (Fsp3) is 0.688. The molecule has 23 heavy (non-hydrogen) atoms. The number of amides is 1. The molecule has 1 aromatic heterocycles. The van der Waals surface area contributed by atoms with Crippen molar-refractivity contribution in [3.05, 3.63) is 11.3 Å². The summed E-state index contributed by atoms with van der Waals surface area (Å²) in [4.78, 5) is 21.7. The molecule has 1 amide bonds. The van der Waals surface area contributed by atoms with E-state index in [4.69, 9.17) is 10.8 Å². The van der Waals surface area contributed by atoms with E-state index in [2.05, 4.69) is 34.0 Å². The first-order valence-corrected chi connectivity index (χ1v) is 8.31. The number of nitrogens with one attached hydrogen (secondary N) is 1. The van der Waals surface area contributed by atoms with Gasteiger partial charge < -0.3 is 21.1 Å². The summed E-state index contributed by atoms with van der Waals surface area (Å²) < 4.78 is 0. The molecule has 1 aliphatic carbocycles. The van der Waals surface area contributed by atoms with Crippen LogP contribution in [0.15, 0.2) is 0 Å². The second-order valence-corrected chi connectivity index (χ2v) is 7.03. The van der Waals surface area contributed by atoms with Crippen LogP contribution in [-0.2, 0) is 12.8 Å². The quantitative estimate of drug-likeness (QED) is 0.777. The minimum atomic E-state index is -0.966. The number of nitrogens with zero attached hydrogens (tertiary/aromatic N) is 3. The van der Waals surface area contributed by atoms with Crippen molar-refractivity contribution < 1.29 is 9.90 Å². The molecule has 0 saturated carbocycles. The molecule has 126 valence electrons. The van der Waals surface area contributed by atoms with Crippen molar-refractivity contribution in [2.24, 2.45) is 17.8 Å². The van der Waals surface area contributed by atoms with Gasteiger partial charge in [-0.3, -0.25) is 0 Å². The first kappa shape index (κ1) is 15.8. The van der Waals surface area contributed by atoms with Gasteiger partial charge in [0.05, 0.1) is 5.69 Å².